The van der Waals surface area contributed by atoms with Crippen LogP contribution in [0.2, 0.25) is 0 Å². The van der Waals surface area contributed by atoms with Crippen LogP contribution in [0.3, 0.4) is 0 Å². The predicted octanol–water partition coefficient (Wildman–Crippen LogP) is 2.55. The summed E-state index contributed by atoms with van der Waals surface area (Å²) in [5.41, 5.74) is 6.47. The largest absolute Gasteiger partial charge is 0.393 e. The van der Waals surface area contributed by atoms with Crippen LogP contribution in [0.1, 0.15) is 12.0 Å². The van der Waals surface area contributed by atoms with Crippen LogP contribution in [0.15, 0.2) is 30.5 Å². The molecule has 3 rings (SSSR count). The maximum absolute atomic E-state index is 13.2. The standard InChI is InChI=1S/C17H14F3N4O/c18-17(19,20)11-4-6-14(16(22)25)24(9-11)13-5-3-10(8-21)15-12(13)2-1-7-23-15/h1-3,5-7,11,14H,4,9H2,(H2,22,25)/t11-,14?/m0/s1. The first-order chi connectivity index (χ1) is 11.8. The molecule has 1 aliphatic heterocycles. The minimum atomic E-state index is -4.38. The number of aromatic nitrogens is 1. The van der Waals surface area contributed by atoms with Crippen molar-refractivity contribution in [1.29, 1.82) is 5.26 Å². The van der Waals surface area contributed by atoms with Gasteiger partial charge in [0.2, 0.25) is 5.91 Å². The fourth-order valence-electron chi connectivity index (χ4n) is 3.10. The fraction of sp³-hybridized carbons (Fsp3) is 0.294. The summed E-state index contributed by atoms with van der Waals surface area (Å²) in [6, 6.07) is 7.36. The number of primary amides is 1. The monoisotopic (exact) mass is 347 g/mol. The zero-order chi connectivity index (χ0) is 18.2. The van der Waals surface area contributed by atoms with Gasteiger partial charge in [-0.2, -0.15) is 18.4 Å². The smallest absolute Gasteiger partial charge is 0.368 e. The molecule has 5 nitrogen and oxygen atoms in total. The molecule has 8 heteroatoms. The molecule has 0 bridgehead atoms. The van der Waals surface area contributed by atoms with Crippen LogP contribution in [0, 0.1) is 23.7 Å². The summed E-state index contributed by atoms with van der Waals surface area (Å²) >= 11 is 0. The summed E-state index contributed by atoms with van der Waals surface area (Å²) in [4.78, 5) is 17.2. The van der Waals surface area contributed by atoms with Crippen molar-refractivity contribution in [3.8, 4) is 6.07 Å². The molecule has 1 saturated heterocycles. The molecule has 2 aromatic rings. The van der Waals surface area contributed by atoms with Crippen LogP contribution in [-0.2, 0) is 4.79 Å². The molecule has 0 spiro atoms. The van der Waals surface area contributed by atoms with Crippen molar-refractivity contribution in [2.45, 2.75) is 18.6 Å². The van der Waals surface area contributed by atoms with E-state index >= 15 is 0 Å². The number of hydrogen-bond acceptors (Lipinski definition) is 4. The first-order valence-corrected chi connectivity index (χ1v) is 7.56. The lowest BCUT2D eigenvalue weighted by Gasteiger charge is -2.40. The van der Waals surface area contributed by atoms with E-state index in [0.29, 0.717) is 22.2 Å². The number of anilines is 1. The summed E-state index contributed by atoms with van der Waals surface area (Å²) < 4.78 is 39.5. The van der Waals surface area contributed by atoms with Gasteiger partial charge in [-0.3, -0.25) is 9.78 Å². The number of rotatable bonds is 2. The zero-order valence-corrected chi connectivity index (χ0v) is 13.0. The van der Waals surface area contributed by atoms with Gasteiger partial charge in [-0.15, -0.1) is 0 Å². The topological polar surface area (TPSA) is 83.0 Å². The number of nitriles is 1. The fourth-order valence-corrected chi connectivity index (χ4v) is 3.10. The number of amides is 1. The molecule has 1 aliphatic rings. The van der Waals surface area contributed by atoms with Gasteiger partial charge in [-0.25, -0.2) is 0 Å². The van der Waals surface area contributed by atoms with Gasteiger partial charge >= 0.3 is 6.18 Å². The Labute approximate surface area is 141 Å². The van der Waals surface area contributed by atoms with E-state index in [1.54, 1.807) is 12.1 Å². The van der Waals surface area contributed by atoms with Gasteiger partial charge in [0.05, 0.1) is 17.0 Å². The van der Waals surface area contributed by atoms with Crippen LogP contribution >= 0.6 is 0 Å². The third-order valence-electron chi connectivity index (χ3n) is 4.33. The third kappa shape index (κ3) is 3.09. The van der Waals surface area contributed by atoms with Gasteiger partial charge < -0.3 is 10.6 Å². The van der Waals surface area contributed by atoms with E-state index in [0.717, 1.165) is 0 Å². The Balaban J connectivity index is 2.12. The molecule has 2 atom stereocenters. The normalized spacial score (nSPS) is 21.1. The quantitative estimate of drug-likeness (QED) is 0.905. The van der Waals surface area contributed by atoms with Crippen LogP contribution < -0.4 is 10.6 Å². The third-order valence-corrected chi connectivity index (χ3v) is 4.33. The lowest BCUT2D eigenvalue weighted by atomic mass is 9.90. The predicted molar refractivity (Wildman–Crippen MR) is 85.2 cm³/mol. The second-order valence-electron chi connectivity index (χ2n) is 5.85. The number of halogens is 3. The molecular weight excluding hydrogens is 333 g/mol. The SMILES string of the molecule is N#Cc1ccc(N2C[C@@H](C(F)(F)F)C[CH]C2C(N)=O)c2cccnc12. The molecule has 2 heterocycles. The Kier molecular flexibility index (Phi) is 4.25. The van der Waals surface area contributed by atoms with Crippen LogP contribution in [0.25, 0.3) is 10.9 Å². The van der Waals surface area contributed by atoms with Crippen molar-refractivity contribution in [3.63, 3.8) is 0 Å². The minimum Gasteiger partial charge on any atom is -0.368 e. The number of carbonyl (C=O) groups is 1. The molecule has 2 N–H and O–H groups in total. The Morgan fingerprint density at radius 1 is 1.36 bits per heavy atom. The molecule has 25 heavy (non-hydrogen) atoms. The number of fused-ring (bicyclic) bond motifs is 1. The summed E-state index contributed by atoms with van der Waals surface area (Å²) in [7, 11) is 0. The van der Waals surface area contributed by atoms with Gasteiger partial charge in [-0.1, -0.05) is 0 Å². The van der Waals surface area contributed by atoms with Crippen molar-refractivity contribution >= 4 is 22.5 Å². The molecule has 1 amide bonds. The molecule has 1 fully saturated rings. The molecular formula is C17H14F3N4O. The maximum atomic E-state index is 13.2. The highest BCUT2D eigenvalue weighted by molar-refractivity contribution is 5.97. The van der Waals surface area contributed by atoms with Crippen molar-refractivity contribution < 1.29 is 18.0 Å². The van der Waals surface area contributed by atoms with E-state index < -0.39 is 24.0 Å². The molecule has 129 valence electrons. The highest BCUT2D eigenvalue weighted by Gasteiger charge is 2.45. The molecule has 1 unspecified atom stereocenters. The molecule has 0 saturated carbocycles. The maximum Gasteiger partial charge on any atom is 0.393 e. The first kappa shape index (κ1) is 17.0. The number of carbonyl (C=O) groups excluding carboxylic acids is 1. The van der Waals surface area contributed by atoms with Crippen molar-refractivity contribution in [3.05, 3.63) is 42.4 Å². The van der Waals surface area contributed by atoms with Crippen LogP contribution in [0.4, 0.5) is 18.9 Å². The summed E-state index contributed by atoms with van der Waals surface area (Å²) in [6.07, 6.45) is -1.85. The van der Waals surface area contributed by atoms with Gasteiger partial charge in [0.25, 0.3) is 0 Å². The lowest BCUT2D eigenvalue weighted by molar-refractivity contribution is -0.174. The second-order valence-corrected chi connectivity index (χ2v) is 5.85. The number of hydrogen-bond donors (Lipinski definition) is 1. The number of alkyl halides is 3. The Morgan fingerprint density at radius 3 is 2.76 bits per heavy atom. The van der Waals surface area contributed by atoms with E-state index in [1.807, 2.05) is 6.07 Å². The van der Waals surface area contributed by atoms with Gasteiger partial charge in [0.15, 0.2) is 0 Å². The Hall–Kier alpha value is -2.82. The van der Waals surface area contributed by atoms with Crippen LogP contribution in [-0.4, -0.2) is 29.7 Å². The Morgan fingerprint density at radius 2 is 2.12 bits per heavy atom. The molecule has 1 radical (unpaired) electrons. The second kappa shape index (κ2) is 6.24. The average Bonchev–Trinajstić information content (AvgIpc) is 2.59. The first-order valence-electron chi connectivity index (χ1n) is 7.56. The number of piperidine rings is 1. The van der Waals surface area contributed by atoms with Gasteiger partial charge in [0, 0.05) is 23.8 Å². The average molecular weight is 347 g/mol. The summed E-state index contributed by atoms with van der Waals surface area (Å²) in [5.74, 6) is -2.31. The number of nitrogens with two attached hydrogens (primary N) is 1. The molecule has 1 aromatic carbocycles. The van der Waals surface area contributed by atoms with E-state index in [-0.39, 0.29) is 13.0 Å². The van der Waals surface area contributed by atoms with Crippen molar-refractivity contribution in [2.75, 3.05) is 11.4 Å². The molecule has 0 aliphatic carbocycles. The van der Waals surface area contributed by atoms with E-state index in [1.165, 1.54) is 29.7 Å². The van der Waals surface area contributed by atoms with Gasteiger partial charge in [-0.05, 0) is 37.1 Å². The van der Waals surface area contributed by atoms with Crippen molar-refractivity contribution in [2.24, 2.45) is 11.7 Å². The highest BCUT2D eigenvalue weighted by atomic mass is 19.4. The highest BCUT2D eigenvalue weighted by Crippen LogP contribution is 2.39. The molecule has 1 aromatic heterocycles. The number of pyridine rings is 1. The Bertz CT molecular complexity index is 859. The zero-order valence-electron chi connectivity index (χ0n) is 13.0. The number of nitrogens with zero attached hydrogens (tertiary/aromatic N) is 3. The van der Waals surface area contributed by atoms with E-state index in [9.17, 15) is 23.2 Å². The summed E-state index contributed by atoms with van der Waals surface area (Å²) in [6.45, 7) is -0.385. The lowest BCUT2D eigenvalue weighted by Crippen LogP contribution is -2.53. The number of benzene rings is 1. The van der Waals surface area contributed by atoms with E-state index in [2.05, 4.69) is 4.98 Å². The van der Waals surface area contributed by atoms with Crippen LogP contribution in [0.5, 0.6) is 0 Å². The van der Waals surface area contributed by atoms with E-state index in [4.69, 9.17) is 5.73 Å². The summed E-state index contributed by atoms with van der Waals surface area (Å²) in [5, 5.41) is 9.70. The minimum absolute atomic E-state index is 0.264. The van der Waals surface area contributed by atoms with Crippen molar-refractivity contribution in [1.82, 2.24) is 4.98 Å². The van der Waals surface area contributed by atoms with Gasteiger partial charge in [0.1, 0.15) is 12.1 Å².